The maximum Gasteiger partial charge on any atom is 0.232 e. The van der Waals surface area contributed by atoms with Gasteiger partial charge in [0.25, 0.3) is 0 Å². The Morgan fingerprint density at radius 2 is 1.86 bits per heavy atom. The molecule has 114 valence electrons. The van der Waals surface area contributed by atoms with Crippen LogP contribution in [0, 0.1) is 0 Å². The predicted octanol–water partition coefficient (Wildman–Crippen LogP) is 4.07. The number of amides is 1. The van der Waals surface area contributed by atoms with Crippen molar-refractivity contribution in [2.45, 2.75) is 24.6 Å². The minimum Gasteiger partial charge on any atom is -0.338 e. The second-order valence-corrected chi connectivity index (χ2v) is 6.72. The summed E-state index contributed by atoms with van der Waals surface area (Å²) in [7, 11) is 1.94. The van der Waals surface area contributed by atoms with E-state index >= 15 is 0 Å². The molecule has 0 fully saturated rings. The highest BCUT2D eigenvalue weighted by Crippen LogP contribution is 2.35. The molecule has 1 atom stereocenters. The van der Waals surface area contributed by atoms with E-state index in [1.165, 1.54) is 16.7 Å². The summed E-state index contributed by atoms with van der Waals surface area (Å²) in [5.74, 6) is 1.66. The third-order valence-corrected chi connectivity index (χ3v) is 5.29. The molecule has 0 saturated heterocycles. The van der Waals surface area contributed by atoms with Gasteiger partial charge in [-0.2, -0.15) is 0 Å². The number of hydrogen-bond acceptors (Lipinski definition) is 2. The lowest BCUT2D eigenvalue weighted by molar-refractivity contribution is -0.129. The first-order chi connectivity index (χ1) is 10.8. The Morgan fingerprint density at radius 3 is 2.68 bits per heavy atom. The monoisotopic (exact) mass is 311 g/mol. The van der Waals surface area contributed by atoms with Crippen molar-refractivity contribution < 1.29 is 4.79 Å². The zero-order chi connectivity index (χ0) is 15.4. The Labute approximate surface area is 136 Å². The van der Waals surface area contributed by atoms with Gasteiger partial charge in [-0.25, -0.2) is 0 Å². The third kappa shape index (κ3) is 3.36. The Kier molecular flexibility index (Phi) is 4.84. The number of carbonyl (C=O) groups excluding carboxylic acids is 1. The second-order valence-electron chi connectivity index (χ2n) is 5.74. The molecule has 2 nitrogen and oxygen atoms in total. The fourth-order valence-corrected chi connectivity index (χ4v) is 3.95. The number of benzene rings is 2. The molecular weight excluding hydrogens is 290 g/mol. The van der Waals surface area contributed by atoms with Crippen molar-refractivity contribution >= 4 is 17.7 Å². The molecule has 0 aromatic heterocycles. The number of thioether (sulfide) groups is 1. The van der Waals surface area contributed by atoms with Crippen LogP contribution < -0.4 is 0 Å². The van der Waals surface area contributed by atoms with E-state index in [9.17, 15) is 4.79 Å². The van der Waals surface area contributed by atoms with E-state index in [2.05, 4.69) is 36.4 Å². The van der Waals surface area contributed by atoms with E-state index in [1.807, 2.05) is 30.1 Å². The van der Waals surface area contributed by atoms with Crippen molar-refractivity contribution in [3.8, 4) is 0 Å². The van der Waals surface area contributed by atoms with Gasteiger partial charge in [0.1, 0.15) is 0 Å². The van der Waals surface area contributed by atoms with Crippen molar-refractivity contribution in [2.24, 2.45) is 0 Å². The highest BCUT2D eigenvalue weighted by molar-refractivity contribution is 7.99. The molecule has 3 rings (SSSR count). The summed E-state index contributed by atoms with van der Waals surface area (Å²) in [5, 5.41) is 0. The molecule has 3 heteroatoms. The maximum atomic E-state index is 12.4. The van der Waals surface area contributed by atoms with Gasteiger partial charge in [-0.3, -0.25) is 4.79 Å². The molecular formula is C19H21NOS. The first kappa shape index (κ1) is 15.2. The van der Waals surface area contributed by atoms with Gasteiger partial charge < -0.3 is 4.90 Å². The molecule has 22 heavy (non-hydrogen) atoms. The van der Waals surface area contributed by atoms with Crippen molar-refractivity contribution in [1.82, 2.24) is 4.90 Å². The highest BCUT2D eigenvalue weighted by Gasteiger charge is 2.27. The van der Waals surface area contributed by atoms with Crippen LogP contribution in [-0.2, 0) is 17.0 Å². The first-order valence-electron chi connectivity index (χ1n) is 7.71. The minimum absolute atomic E-state index is 0.225. The molecule has 0 spiro atoms. The van der Waals surface area contributed by atoms with Crippen molar-refractivity contribution in [3.05, 3.63) is 71.3 Å². The fourth-order valence-electron chi connectivity index (χ4n) is 3.04. The molecule has 2 aromatic carbocycles. The number of carbonyl (C=O) groups is 1. The van der Waals surface area contributed by atoms with E-state index in [0.29, 0.717) is 5.75 Å². The number of aryl methyl sites for hydroxylation is 1. The standard InChI is InChI=1S/C19H21NOS/c1-20(18-12-11-16-9-5-6-10-17(16)18)19(21)14-22-13-15-7-3-2-4-8-15/h2-10,18H,11-14H2,1H3/t18-/m1/s1. The lowest BCUT2D eigenvalue weighted by atomic mass is 10.1. The Bertz CT molecular complexity index is 641. The molecule has 1 aliphatic rings. The smallest absolute Gasteiger partial charge is 0.232 e. The van der Waals surface area contributed by atoms with Crippen LogP contribution >= 0.6 is 11.8 Å². The average Bonchev–Trinajstić information content (AvgIpc) is 2.99. The van der Waals surface area contributed by atoms with Crippen molar-refractivity contribution in [2.75, 3.05) is 12.8 Å². The van der Waals surface area contributed by atoms with E-state index in [0.717, 1.165) is 18.6 Å². The Morgan fingerprint density at radius 1 is 1.14 bits per heavy atom. The molecule has 0 radical (unpaired) electrons. The zero-order valence-electron chi connectivity index (χ0n) is 12.9. The maximum absolute atomic E-state index is 12.4. The quantitative estimate of drug-likeness (QED) is 0.830. The van der Waals surface area contributed by atoms with Crippen LogP contribution in [0.4, 0.5) is 0 Å². The van der Waals surface area contributed by atoms with Crippen LogP contribution in [-0.4, -0.2) is 23.6 Å². The van der Waals surface area contributed by atoms with Gasteiger partial charge in [-0.15, -0.1) is 11.8 Å². The van der Waals surface area contributed by atoms with Gasteiger partial charge in [-0.1, -0.05) is 54.6 Å². The number of rotatable bonds is 5. The van der Waals surface area contributed by atoms with Gasteiger partial charge in [-0.05, 0) is 29.5 Å². The average molecular weight is 311 g/mol. The lowest BCUT2D eigenvalue weighted by Gasteiger charge is -2.25. The third-order valence-electron chi connectivity index (χ3n) is 4.30. The van der Waals surface area contributed by atoms with Crippen LogP contribution in [0.5, 0.6) is 0 Å². The summed E-state index contributed by atoms with van der Waals surface area (Å²) in [4.78, 5) is 14.4. The summed E-state index contributed by atoms with van der Waals surface area (Å²) >= 11 is 1.69. The van der Waals surface area contributed by atoms with Gasteiger partial charge in [0.05, 0.1) is 11.8 Å². The Hall–Kier alpha value is -1.74. The fraction of sp³-hybridized carbons (Fsp3) is 0.316. The topological polar surface area (TPSA) is 20.3 Å². The van der Waals surface area contributed by atoms with Gasteiger partial charge in [0.2, 0.25) is 5.91 Å². The van der Waals surface area contributed by atoms with Crippen molar-refractivity contribution in [3.63, 3.8) is 0 Å². The molecule has 1 aliphatic carbocycles. The van der Waals surface area contributed by atoms with E-state index in [4.69, 9.17) is 0 Å². The summed E-state index contributed by atoms with van der Waals surface area (Å²) in [6.45, 7) is 0. The number of nitrogens with zero attached hydrogens (tertiary/aromatic N) is 1. The largest absolute Gasteiger partial charge is 0.338 e. The second kappa shape index (κ2) is 7.01. The van der Waals surface area contributed by atoms with Crippen LogP contribution in [0.3, 0.4) is 0 Å². The summed E-state index contributed by atoms with van der Waals surface area (Å²) in [6, 6.07) is 19.1. The number of fused-ring (bicyclic) bond motifs is 1. The predicted molar refractivity (Wildman–Crippen MR) is 92.9 cm³/mol. The normalized spacial score (nSPS) is 16.3. The molecule has 0 N–H and O–H groups in total. The summed E-state index contributed by atoms with van der Waals surface area (Å²) in [5.41, 5.74) is 3.99. The molecule has 2 aromatic rings. The SMILES string of the molecule is CN(C(=O)CSCc1ccccc1)[C@@H]1CCc2ccccc21. The molecule has 0 heterocycles. The van der Waals surface area contributed by atoms with Gasteiger partial charge >= 0.3 is 0 Å². The molecule has 0 aliphatic heterocycles. The lowest BCUT2D eigenvalue weighted by Crippen LogP contribution is -2.31. The van der Waals surface area contributed by atoms with Crippen LogP contribution in [0.25, 0.3) is 0 Å². The number of hydrogen-bond donors (Lipinski definition) is 0. The summed E-state index contributed by atoms with van der Waals surface area (Å²) in [6.07, 6.45) is 2.13. The van der Waals surface area contributed by atoms with E-state index in [-0.39, 0.29) is 11.9 Å². The Balaban J connectivity index is 1.54. The van der Waals surface area contributed by atoms with Gasteiger partial charge in [0, 0.05) is 12.8 Å². The van der Waals surface area contributed by atoms with Gasteiger partial charge in [0.15, 0.2) is 0 Å². The van der Waals surface area contributed by atoms with Crippen LogP contribution in [0.1, 0.15) is 29.2 Å². The first-order valence-corrected chi connectivity index (χ1v) is 8.86. The zero-order valence-corrected chi connectivity index (χ0v) is 13.7. The molecule has 0 bridgehead atoms. The van der Waals surface area contributed by atoms with Crippen LogP contribution in [0.15, 0.2) is 54.6 Å². The van der Waals surface area contributed by atoms with E-state index in [1.54, 1.807) is 11.8 Å². The molecule has 0 saturated carbocycles. The molecule has 0 unspecified atom stereocenters. The van der Waals surface area contributed by atoms with Crippen molar-refractivity contribution in [1.29, 1.82) is 0 Å². The molecule has 1 amide bonds. The minimum atomic E-state index is 0.225. The highest BCUT2D eigenvalue weighted by atomic mass is 32.2. The van der Waals surface area contributed by atoms with Crippen LogP contribution in [0.2, 0.25) is 0 Å². The summed E-state index contributed by atoms with van der Waals surface area (Å²) < 4.78 is 0. The van der Waals surface area contributed by atoms with E-state index < -0.39 is 0 Å².